The Balaban J connectivity index is 1.60. The van der Waals surface area contributed by atoms with Crippen LogP contribution in [-0.2, 0) is 17.8 Å². The van der Waals surface area contributed by atoms with Crippen LogP contribution in [0.25, 0.3) is 0 Å². The van der Waals surface area contributed by atoms with Crippen molar-refractivity contribution >= 4 is 17.5 Å². The summed E-state index contributed by atoms with van der Waals surface area (Å²) in [6, 6.07) is 17.5. The van der Waals surface area contributed by atoms with Gasteiger partial charge in [0.05, 0.1) is 6.42 Å². The fraction of sp³-hybridized carbons (Fsp3) is 0.458. The molecule has 2 N–H and O–H groups in total. The molecule has 1 saturated heterocycles. The van der Waals surface area contributed by atoms with Crippen LogP contribution in [-0.4, -0.2) is 63.3 Å². The van der Waals surface area contributed by atoms with Gasteiger partial charge < -0.3 is 15.1 Å². The van der Waals surface area contributed by atoms with Crippen molar-refractivity contribution < 1.29 is 15.0 Å². The van der Waals surface area contributed by atoms with Gasteiger partial charge in [0.25, 0.3) is 0 Å². The molecule has 0 aliphatic carbocycles. The molecular formula is C24H31ClN2O3. The number of carbonyl (C=O) groups is 1. The second-order valence-electron chi connectivity index (χ2n) is 8.50. The molecule has 5 nitrogen and oxygen atoms in total. The van der Waals surface area contributed by atoms with Gasteiger partial charge in [-0.15, -0.1) is 0 Å². The van der Waals surface area contributed by atoms with E-state index in [0.29, 0.717) is 31.1 Å². The fourth-order valence-electron chi connectivity index (χ4n) is 3.86. The molecule has 0 unspecified atom stereocenters. The van der Waals surface area contributed by atoms with Gasteiger partial charge in [-0.2, -0.15) is 0 Å². The monoisotopic (exact) mass is 430 g/mol. The first-order chi connectivity index (χ1) is 14.3. The highest BCUT2D eigenvalue weighted by molar-refractivity contribution is 6.30. The van der Waals surface area contributed by atoms with E-state index in [2.05, 4.69) is 30.9 Å². The highest BCUT2D eigenvalue weighted by atomic mass is 35.5. The first-order valence-electron chi connectivity index (χ1n) is 10.5. The summed E-state index contributed by atoms with van der Waals surface area (Å²) in [4.78, 5) is 16.5. The number of amides is 1. The number of hydrogen-bond donors (Lipinski definition) is 2. The summed E-state index contributed by atoms with van der Waals surface area (Å²) < 4.78 is 0. The molecule has 1 aliphatic rings. The standard InChI is InChI=1S/C24H31ClN2O3/c1-18(2)27(15-20-6-4-3-5-7-20)17-24(30)12-13-26(16-22(24)28)23(29)14-19-8-10-21(25)11-9-19/h3-11,18,22,28,30H,12-17H2,1-2H3/t22-,24-/m0/s1. The zero-order valence-corrected chi connectivity index (χ0v) is 18.4. The van der Waals surface area contributed by atoms with Crippen LogP contribution >= 0.6 is 11.6 Å². The molecule has 0 radical (unpaired) electrons. The van der Waals surface area contributed by atoms with Crippen molar-refractivity contribution in [1.29, 1.82) is 0 Å². The summed E-state index contributed by atoms with van der Waals surface area (Å²) in [5, 5.41) is 22.6. The van der Waals surface area contributed by atoms with Gasteiger partial charge in [0.2, 0.25) is 5.91 Å². The van der Waals surface area contributed by atoms with Crippen molar-refractivity contribution in [1.82, 2.24) is 9.80 Å². The average Bonchev–Trinajstić information content (AvgIpc) is 2.72. The highest BCUT2D eigenvalue weighted by Crippen LogP contribution is 2.26. The molecule has 3 rings (SSSR count). The summed E-state index contributed by atoms with van der Waals surface area (Å²) in [6.45, 7) is 5.80. The summed E-state index contributed by atoms with van der Waals surface area (Å²) in [5.74, 6) is -0.0524. The van der Waals surface area contributed by atoms with Crippen LogP contribution < -0.4 is 0 Å². The number of aliphatic hydroxyl groups is 2. The van der Waals surface area contributed by atoms with Gasteiger partial charge in [-0.3, -0.25) is 9.69 Å². The van der Waals surface area contributed by atoms with E-state index in [0.717, 1.165) is 5.56 Å². The van der Waals surface area contributed by atoms with E-state index in [-0.39, 0.29) is 24.9 Å². The third-order valence-electron chi connectivity index (χ3n) is 5.89. The topological polar surface area (TPSA) is 64.0 Å². The number of aliphatic hydroxyl groups excluding tert-OH is 1. The minimum absolute atomic E-state index is 0.0524. The molecule has 162 valence electrons. The van der Waals surface area contributed by atoms with E-state index in [4.69, 9.17) is 11.6 Å². The molecule has 2 atom stereocenters. The molecule has 0 aromatic heterocycles. The van der Waals surface area contributed by atoms with Gasteiger partial charge in [-0.25, -0.2) is 0 Å². The van der Waals surface area contributed by atoms with Crippen LogP contribution in [0.2, 0.25) is 5.02 Å². The number of carbonyl (C=O) groups excluding carboxylic acids is 1. The SMILES string of the molecule is CC(C)N(Cc1ccccc1)C[C@@]1(O)CCN(C(=O)Cc2ccc(Cl)cc2)C[C@@H]1O. The summed E-state index contributed by atoms with van der Waals surface area (Å²) in [7, 11) is 0. The lowest BCUT2D eigenvalue weighted by Crippen LogP contribution is -2.61. The van der Waals surface area contributed by atoms with E-state index < -0.39 is 11.7 Å². The third-order valence-corrected chi connectivity index (χ3v) is 6.14. The average molecular weight is 431 g/mol. The lowest BCUT2D eigenvalue weighted by atomic mass is 9.87. The Morgan fingerprint density at radius 2 is 1.83 bits per heavy atom. The van der Waals surface area contributed by atoms with Crippen molar-refractivity contribution in [2.75, 3.05) is 19.6 Å². The molecule has 0 spiro atoms. The van der Waals surface area contributed by atoms with Crippen LogP contribution in [0.5, 0.6) is 0 Å². The Labute approximate surface area is 183 Å². The molecule has 1 fully saturated rings. The van der Waals surface area contributed by atoms with E-state index in [9.17, 15) is 15.0 Å². The van der Waals surface area contributed by atoms with Gasteiger partial charge >= 0.3 is 0 Å². The third kappa shape index (κ3) is 5.82. The molecule has 1 aliphatic heterocycles. The maximum atomic E-state index is 12.7. The Kier molecular flexibility index (Phi) is 7.53. The van der Waals surface area contributed by atoms with E-state index in [1.165, 1.54) is 5.56 Å². The predicted molar refractivity (Wildman–Crippen MR) is 119 cm³/mol. The van der Waals surface area contributed by atoms with Crippen LogP contribution in [0.15, 0.2) is 54.6 Å². The molecule has 30 heavy (non-hydrogen) atoms. The minimum atomic E-state index is -1.24. The first-order valence-corrected chi connectivity index (χ1v) is 10.9. The number of likely N-dealkylation sites (tertiary alicyclic amines) is 1. The number of halogens is 1. The molecule has 0 bridgehead atoms. The maximum Gasteiger partial charge on any atom is 0.227 e. The van der Waals surface area contributed by atoms with Crippen molar-refractivity contribution in [3.05, 3.63) is 70.7 Å². The number of rotatable bonds is 7. The first kappa shape index (κ1) is 22.8. The second-order valence-corrected chi connectivity index (χ2v) is 8.93. The summed E-state index contributed by atoms with van der Waals surface area (Å²) in [5.41, 5.74) is 0.810. The van der Waals surface area contributed by atoms with Crippen LogP contribution in [0.3, 0.4) is 0 Å². The lowest BCUT2D eigenvalue weighted by molar-refractivity contribution is -0.154. The second kappa shape index (κ2) is 9.92. The highest BCUT2D eigenvalue weighted by Gasteiger charge is 2.43. The number of β-amino-alcohol motifs (C(OH)–C–C–N with tert-alkyl or cyclic N) is 1. The number of benzene rings is 2. The molecule has 6 heteroatoms. The fourth-order valence-corrected chi connectivity index (χ4v) is 3.98. The van der Waals surface area contributed by atoms with E-state index >= 15 is 0 Å². The molecule has 1 amide bonds. The minimum Gasteiger partial charge on any atom is -0.388 e. The predicted octanol–water partition coefficient (Wildman–Crippen LogP) is 3.12. The van der Waals surface area contributed by atoms with Gasteiger partial charge in [0.15, 0.2) is 0 Å². The van der Waals surface area contributed by atoms with Gasteiger partial charge in [-0.05, 0) is 43.5 Å². The van der Waals surface area contributed by atoms with Gasteiger partial charge in [0.1, 0.15) is 11.7 Å². The summed E-state index contributed by atoms with van der Waals surface area (Å²) >= 11 is 5.90. The Morgan fingerprint density at radius 3 is 2.43 bits per heavy atom. The zero-order valence-electron chi connectivity index (χ0n) is 17.7. The van der Waals surface area contributed by atoms with Crippen molar-refractivity contribution in [2.45, 2.75) is 51.0 Å². The Morgan fingerprint density at radius 1 is 1.17 bits per heavy atom. The van der Waals surface area contributed by atoms with Gasteiger partial charge in [-0.1, -0.05) is 54.1 Å². The smallest absolute Gasteiger partial charge is 0.227 e. The van der Waals surface area contributed by atoms with Crippen molar-refractivity contribution in [3.8, 4) is 0 Å². The lowest BCUT2D eigenvalue weighted by Gasteiger charge is -2.45. The molecule has 1 heterocycles. The Hall–Kier alpha value is -1.92. The molecule has 2 aromatic rings. The summed E-state index contributed by atoms with van der Waals surface area (Å²) in [6.07, 6.45) is -0.384. The molecule has 2 aromatic carbocycles. The number of nitrogens with zero attached hydrogens (tertiary/aromatic N) is 2. The molecule has 0 saturated carbocycles. The Bertz CT molecular complexity index is 828. The van der Waals surface area contributed by atoms with E-state index in [1.807, 2.05) is 30.3 Å². The van der Waals surface area contributed by atoms with Gasteiger partial charge in [0, 0.05) is 37.2 Å². The van der Waals surface area contributed by atoms with Crippen molar-refractivity contribution in [2.24, 2.45) is 0 Å². The zero-order chi connectivity index (χ0) is 21.7. The maximum absolute atomic E-state index is 12.7. The normalized spacial score (nSPS) is 22.0. The van der Waals surface area contributed by atoms with Crippen LogP contribution in [0.1, 0.15) is 31.4 Å². The van der Waals surface area contributed by atoms with Crippen LogP contribution in [0.4, 0.5) is 0 Å². The molecular weight excluding hydrogens is 400 g/mol. The van der Waals surface area contributed by atoms with Crippen LogP contribution in [0, 0.1) is 0 Å². The number of piperidine rings is 1. The number of hydrogen-bond acceptors (Lipinski definition) is 4. The quantitative estimate of drug-likeness (QED) is 0.708. The van der Waals surface area contributed by atoms with E-state index in [1.54, 1.807) is 17.0 Å². The van der Waals surface area contributed by atoms with Crippen molar-refractivity contribution in [3.63, 3.8) is 0 Å². The largest absolute Gasteiger partial charge is 0.388 e.